The SMILES string of the molecule is CC(=O)N1CC[C@H]2[C@H](CCCCN2CC2(O)CCC(c3ccccc3)CC2)C1. The fourth-order valence-electron chi connectivity index (χ4n) is 5.90. The second-order valence-electron chi connectivity index (χ2n) is 9.46. The molecule has 0 aromatic heterocycles. The zero-order valence-corrected chi connectivity index (χ0v) is 17.4. The molecule has 0 unspecified atom stereocenters. The third-order valence-corrected chi connectivity index (χ3v) is 7.56. The standard InChI is InChI=1S/C24H36N2O2/c1-19(27)25-16-12-23-22(17-25)9-5-6-15-26(23)18-24(28)13-10-21(11-14-24)20-7-3-2-4-8-20/h2-4,7-8,21-23,28H,5-6,9-18H2,1H3/t21?,22-,23+,24?/m1/s1. The molecule has 154 valence electrons. The summed E-state index contributed by atoms with van der Waals surface area (Å²) in [5.74, 6) is 1.38. The summed E-state index contributed by atoms with van der Waals surface area (Å²) in [6.07, 6.45) is 8.72. The first-order valence-corrected chi connectivity index (χ1v) is 11.3. The number of piperidine rings is 1. The van der Waals surface area contributed by atoms with E-state index in [0.717, 1.165) is 58.3 Å². The van der Waals surface area contributed by atoms with E-state index in [1.165, 1.54) is 24.8 Å². The lowest BCUT2D eigenvalue weighted by Gasteiger charge is -2.46. The zero-order chi connectivity index (χ0) is 19.6. The van der Waals surface area contributed by atoms with E-state index in [2.05, 4.69) is 35.2 Å². The van der Waals surface area contributed by atoms with Gasteiger partial charge in [0.2, 0.25) is 5.91 Å². The number of carbonyl (C=O) groups excluding carboxylic acids is 1. The van der Waals surface area contributed by atoms with Gasteiger partial charge in [-0.1, -0.05) is 36.8 Å². The smallest absolute Gasteiger partial charge is 0.219 e. The molecule has 3 fully saturated rings. The van der Waals surface area contributed by atoms with Gasteiger partial charge in [-0.15, -0.1) is 0 Å². The van der Waals surface area contributed by atoms with Crippen LogP contribution in [-0.4, -0.2) is 58.6 Å². The van der Waals surface area contributed by atoms with Gasteiger partial charge in [0.1, 0.15) is 0 Å². The summed E-state index contributed by atoms with van der Waals surface area (Å²) >= 11 is 0. The summed E-state index contributed by atoms with van der Waals surface area (Å²) in [6.45, 7) is 5.40. The van der Waals surface area contributed by atoms with Crippen LogP contribution in [-0.2, 0) is 4.79 Å². The first-order chi connectivity index (χ1) is 13.5. The largest absolute Gasteiger partial charge is 0.389 e. The van der Waals surface area contributed by atoms with Crippen LogP contribution in [0.4, 0.5) is 0 Å². The van der Waals surface area contributed by atoms with E-state index in [-0.39, 0.29) is 5.91 Å². The Kier molecular flexibility index (Phi) is 6.07. The van der Waals surface area contributed by atoms with Gasteiger partial charge < -0.3 is 10.0 Å². The van der Waals surface area contributed by atoms with Crippen LogP contribution in [0.2, 0.25) is 0 Å². The van der Waals surface area contributed by atoms with Crippen LogP contribution >= 0.6 is 0 Å². The van der Waals surface area contributed by atoms with E-state index in [1.54, 1.807) is 6.92 Å². The van der Waals surface area contributed by atoms with Gasteiger partial charge in [-0.25, -0.2) is 0 Å². The van der Waals surface area contributed by atoms with Crippen molar-refractivity contribution in [2.24, 2.45) is 5.92 Å². The minimum absolute atomic E-state index is 0.215. The van der Waals surface area contributed by atoms with Gasteiger partial charge >= 0.3 is 0 Å². The summed E-state index contributed by atoms with van der Waals surface area (Å²) in [5, 5.41) is 11.4. The van der Waals surface area contributed by atoms with Crippen molar-refractivity contribution in [2.75, 3.05) is 26.2 Å². The highest BCUT2D eigenvalue weighted by atomic mass is 16.3. The minimum atomic E-state index is -0.544. The number of hydrogen-bond acceptors (Lipinski definition) is 3. The Morgan fingerprint density at radius 1 is 1.07 bits per heavy atom. The van der Waals surface area contributed by atoms with Gasteiger partial charge in [-0.2, -0.15) is 0 Å². The van der Waals surface area contributed by atoms with E-state index >= 15 is 0 Å². The molecule has 4 nitrogen and oxygen atoms in total. The Labute approximate surface area is 169 Å². The van der Waals surface area contributed by atoms with Gasteiger partial charge in [0.15, 0.2) is 0 Å². The fourth-order valence-corrected chi connectivity index (χ4v) is 5.90. The molecule has 1 aromatic rings. The Bertz CT molecular complexity index is 654. The molecule has 1 aliphatic carbocycles. The van der Waals surface area contributed by atoms with Crippen molar-refractivity contribution in [3.8, 4) is 0 Å². The van der Waals surface area contributed by atoms with Crippen LogP contribution in [0.25, 0.3) is 0 Å². The Morgan fingerprint density at radius 3 is 2.54 bits per heavy atom. The summed E-state index contributed by atoms with van der Waals surface area (Å²) < 4.78 is 0. The highest BCUT2D eigenvalue weighted by molar-refractivity contribution is 5.73. The molecular formula is C24H36N2O2. The monoisotopic (exact) mass is 384 g/mol. The Hall–Kier alpha value is -1.39. The van der Waals surface area contributed by atoms with Crippen molar-refractivity contribution in [1.82, 2.24) is 9.80 Å². The highest BCUT2D eigenvalue weighted by Crippen LogP contribution is 2.40. The average Bonchev–Trinajstić information content (AvgIpc) is 2.90. The number of hydrogen-bond donors (Lipinski definition) is 1. The molecule has 3 aliphatic rings. The molecule has 2 heterocycles. The number of aliphatic hydroxyl groups is 1. The number of likely N-dealkylation sites (tertiary alicyclic amines) is 2. The molecule has 4 heteroatoms. The predicted octanol–water partition coefficient (Wildman–Crippen LogP) is 3.80. The van der Waals surface area contributed by atoms with Crippen LogP contribution in [0.1, 0.15) is 69.8 Å². The average molecular weight is 385 g/mol. The number of nitrogens with zero attached hydrogens (tertiary/aromatic N) is 2. The van der Waals surface area contributed by atoms with E-state index < -0.39 is 5.60 Å². The quantitative estimate of drug-likeness (QED) is 0.862. The van der Waals surface area contributed by atoms with Crippen molar-refractivity contribution in [1.29, 1.82) is 0 Å². The number of β-amino-alcohol motifs (C(OH)–C–C–N with tert-alkyl or cyclic N) is 1. The lowest BCUT2D eigenvalue weighted by molar-refractivity contribution is -0.132. The van der Waals surface area contributed by atoms with Gasteiger partial charge in [-0.3, -0.25) is 9.69 Å². The topological polar surface area (TPSA) is 43.8 Å². The lowest BCUT2D eigenvalue weighted by atomic mass is 9.75. The second kappa shape index (κ2) is 8.54. The molecule has 1 saturated carbocycles. The number of rotatable bonds is 3. The maximum atomic E-state index is 11.8. The number of amides is 1. The highest BCUT2D eigenvalue weighted by Gasteiger charge is 2.40. The minimum Gasteiger partial charge on any atom is -0.389 e. The van der Waals surface area contributed by atoms with Crippen molar-refractivity contribution < 1.29 is 9.90 Å². The number of benzene rings is 1. The third kappa shape index (κ3) is 4.44. The summed E-state index contributed by atoms with van der Waals surface area (Å²) in [5.41, 5.74) is 0.883. The van der Waals surface area contributed by atoms with E-state index in [4.69, 9.17) is 0 Å². The molecule has 1 aromatic carbocycles. The molecule has 1 N–H and O–H groups in total. The number of fused-ring (bicyclic) bond motifs is 1. The fraction of sp³-hybridized carbons (Fsp3) is 0.708. The molecule has 0 spiro atoms. The van der Waals surface area contributed by atoms with Crippen molar-refractivity contribution in [3.63, 3.8) is 0 Å². The van der Waals surface area contributed by atoms with E-state index in [0.29, 0.717) is 17.9 Å². The summed E-state index contributed by atoms with van der Waals surface area (Å²) in [4.78, 5) is 16.5. The van der Waals surface area contributed by atoms with Crippen molar-refractivity contribution in [2.45, 2.75) is 75.9 Å². The van der Waals surface area contributed by atoms with Crippen LogP contribution < -0.4 is 0 Å². The summed E-state index contributed by atoms with van der Waals surface area (Å²) in [7, 11) is 0. The Morgan fingerprint density at radius 2 is 1.82 bits per heavy atom. The van der Waals surface area contributed by atoms with Gasteiger partial charge in [0, 0.05) is 32.6 Å². The number of carbonyl (C=O) groups is 1. The van der Waals surface area contributed by atoms with Crippen LogP contribution in [0.5, 0.6) is 0 Å². The van der Waals surface area contributed by atoms with Gasteiger partial charge in [0.25, 0.3) is 0 Å². The summed E-state index contributed by atoms with van der Waals surface area (Å²) in [6, 6.07) is 11.3. The second-order valence-corrected chi connectivity index (χ2v) is 9.46. The molecule has 2 saturated heterocycles. The predicted molar refractivity (Wildman–Crippen MR) is 112 cm³/mol. The molecule has 0 radical (unpaired) electrons. The molecule has 2 atom stereocenters. The van der Waals surface area contributed by atoms with Crippen LogP contribution in [0, 0.1) is 5.92 Å². The van der Waals surface area contributed by atoms with E-state index in [9.17, 15) is 9.90 Å². The first kappa shape index (κ1) is 19.9. The molecule has 2 aliphatic heterocycles. The molecule has 28 heavy (non-hydrogen) atoms. The maximum absolute atomic E-state index is 11.8. The maximum Gasteiger partial charge on any atom is 0.219 e. The van der Waals surface area contributed by atoms with Crippen LogP contribution in [0.3, 0.4) is 0 Å². The normalized spacial score (nSPS) is 34.5. The van der Waals surface area contributed by atoms with Crippen molar-refractivity contribution >= 4 is 5.91 Å². The van der Waals surface area contributed by atoms with Gasteiger partial charge in [-0.05, 0) is 68.9 Å². The van der Waals surface area contributed by atoms with Crippen LogP contribution in [0.15, 0.2) is 30.3 Å². The zero-order valence-electron chi connectivity index (χ0n) is 17.4. The van der Waals surface area contributed by atoms with Gasteiger partial charge in [0.05, 0.1) is 5.60 Å². The molecule has 0 bridgehead atoms. The third-order valence-electron chi connectivity index (χ3n) is 7.56. The van der Waals surface area contributed by atoms with Crippen molar-refractivity contribution in [3.05, 3.63) is 35.9 Å². The van der Waals surface area contributed by atoms with E-state index in [1.807, 2.05) is 4.90 Å². The molecular weight excluding hydrogens is 348 g/mol. The first-order valence-electron chi connectivity index (χ1n) is 11.3. The molecule has 1 amide bonds. The molecule has 4 rings (SSSR count). The Balaban J connectivity index is 1.38. The lowest BCUT2D eigenvalue weighted by Crippen LogP contribution is -2.55.